The summed E-state index contributed by atoms with van der Waals surface area (Å²) in [5.41, 5.74) is 1.73. The third-order valence-corrected chi connectivity index (χ3v) is 6.24. The van der Waals surface area contributed by atoms with E-state index < -0.39 is 15.1 Å². The fourth-order valence-electron chi connectivity index (χ4n) is 2.56. The van der Waals surface area contributed by atoms with Gasteiger partial charge >= 0.3 is 0 Å². The van der Waals surface area contributed by atoms with Gasteiger partial charge in [-0.2, -0.15) is 4.68 Å². The van der Waals surface area contributed by atoms with Crippen LogP contribution >= 0.6 is 0 Å². The Morgan fingerprint density at radius 1 is 1.12 bits per heavy atom. The molecule has 1 aromatic carbocycles. The van der Waals surface area contributed by atoms with Crippen LogP contribution in [0.2, 0.25) is 0 Å². The van der Waals surface area contributed by atoms with E-state index in [0.717, 1.165) is 11.1 Å². The van der Waals surface area contributed by atoms with E-state index in [1.807, 2.05) is 49.4 Å². The van der Waals surface area contributed by atoms with Crippen LogP contribution in [-0.4, -0.2) is 33.9 Å². The van der Waals surface area contributed by atoms with Crippen molar-refractivity contribution in [2.75, 3.05) is 5.75 Å². The number of benzene rings is 1. The van der Waals surface area contributed by atoms with Gasteiger partial charge in [-0.1, -0.05) is 43.3 Å². The predicted molar refractivity (Wildman–Crippen MR) is 97.2 cm³/mol. The van der Waals surface area contributed by atoms with Crippen molar-refractivity contribution in [2.24, 2.45) is 0 Å². The van der Waals surface area contributed by atoms with Crippen LogP contribution in [0.1, 0.15) is 30.5 Å². The third-order valence-electron chi connectivity index (χ3n) is 4.15. The lowest BCUT2D eigenvalue weighted by molar-refractivity contribution is 0.581. The first-order chi connectivity index (χ1) is 11.9. The fourth-order valence-corrected chi connectivity index (χ4v) is 3.54. The molecule has 0 unspecified atom stereocenters. The fraction of sp³-hybridized carbons (Fsp3) is 0.278. The Balaban J connectivity index is 2.22. The molecule has 2 heterocycles. The van der Waals surface area contributed by atoms with E-state index in [0.29, 0.717) is 17.5 Å². The number of sulfone groups is 1. The van der Waals surface area contributed by atoms with Crippen molar-refractivity contribution in [2.45, 2.75) is 26.0 Å². The maximum absolute atomic E-state index is 12.4. The van der Waals surface area contributed by atoms with Crippen LogP contribution in [0.25, 0.3) is 17.2 Å². The van der Waals surface area contributed by atoms with Gasteiger partial charge in [0, 0.05) is 17.5 Å². The van der Waals surface area contributed by atoms with Crippen LogP contribution in [0.4, 0.5) is 0 Å². The molecule has 130 valence electrons. The van der Waals surface area contributed by atoms with Crippen molar-refractivity contribution in [3.8, 4) is 17.2 Å². The van der Waals surface area contributed by atoms with Gasteiger partial charge in [0.05, 0.1) is 0 Å². The van der Waals surface area contributed by atoms with Gasteiger partial charge in [0.2, 0.25) is 0 Å². The number of aromatic nitrogens is 4. The van der Waals surface area contributed by atoms with Gasteiger partial charge < -0.3 is 0 Å². The molecule has 7 heteroatoms. The zero-order valence-corrected chi connectivity index (χ0v) is 15.2. The van der Waals surface area contributed by atoms with Gasteiger partial charge in [-0.3, -0.25) is 0 Å². The van der Waals surface area contributed by atoms with Gasteiger partial charge in [-0.15, -0.1) is 5.10 Å². The maximum Gasteiger partial charge on any atom is 0.181 e. The summed E-state index contributed by atoms with van der Waals surface area (Å²) in [6.07, 6.45) is 1.66. The summed E-state index contributed by atoms with van der Waals surface area (Å²) in [4.78, 5) is 8.92. The predicted octanol–water partition coefficient (Wildman–Crippen LogP) is 3.13. The van der Waals surface area contributed by atoms with Gasteiger partial charge in [-0.25, -0.2) is 18.4 Å². The van der Waals surface area contributed by atoms with Crippen molar-refractivity contribution in [1.29, 1.82) is 0 Å². The Bertz CT molecular complexity index is 981. The average Bonchev–Trinajstić information content (AvgIpc) is 3.07. The highest BCUT2D eigenvalue weighted by atomic mass is 32.2. The zero-order valence-electron chi connectivity index (χ0n) is 14.4. The van der Waals surface area contributed by atoms with Crippen LogP contribution in [-0.2, 0) is 9.84 Å². The molecule has 6 nitrogen and oxygen atoms in total. The highest BCUT2D eigenvalue weighted by Crippen LogP contribution is 2.27. The van der Waals surface area contributed by atoms with Crippen molar-refractivity contribution in [1.82, 2.24) is 19.7 Å². The molecule has 0 aliphatic carbocycles. The second-order valence-corrected chi connectivity index (χ2v) is 8.42. The zero-order chi connectivity index (χ0) is 18.0. The van der Waals surface area contributed by atoms with E-state index >= 15 is 0 Å². The summed E-state index contributed by atoms with van der Waals surface area (Å²) in [7, 11) is -3.31. The number of rotatable bonds is 5. The summed E-state index contributed by atoms with van der Waals surface area (Å²) in [5, 5.41) is 3.78. The summed E-state index contributed by atoms with van der Waals surface area (Å²) in [6, 6.07) is 13.2. The third kappa shape index (κ3) is 3.32. The Hall–Kier alpha value is -2.54. The van der Waals surface area contributed by atoms with Crippen molar-refractivity contribution >= 4 is 9.84 Å². The van der Waals surface area contributed by atoms with Crippen molar-refractivity contribution in [3.63, 3.8) is 0 Å². The van der Waals surface area contributed by atoms with Crippen LogP contribution < -0.4 is 0 Å². The monoisotopic (exact) mass is 356 g/mol. The average molecular weight is 356 g/mol. The molecule has 1 atom stereocenters. The lowest BCUT2D eigenvalue weighted by Gasteiger charge is -2.13. The first-order valence-corrected chi connectivity index (χ1v) is 9.81. The number of hydrogen-bond donors (Lipinski definition) is 0. The minimum Gasteiger partial charge on any atom is -0.237 e. The minimum absolute atomic E-state index is 0.0445. The second-order valence-electron chi connectivity index (χ2n) is 5.81. The van der Waals surface area contributed by atoms with Gasteiger partial charge in [0.1, 0.15) is 5.25 Å². The standard InChI is InChI=1S/C18H20N4O2S/c1-4-25(23,24)14(3)18-20-16(15-10-6-5-7-11-15)21-22(18)17-13(2)9-8-12-19-17/h5-12,14H,4H2,1-3H3/t14-/m0/s1. The lowest BCUT2D eigenvalue weighted by Crippen LogP contribution is -2.18. The maximum atomic E-state index is 12.4. The SMILES string of the molecule is CCS(=O)(=O)[C@@H](C)c1nc(-c2ccccc2)nn1-c1ncccc1C. The Kier molecular flexibility index (Phi) is 4.67. The largest absolute Gasteiger partial charge is 0.237 e. The molecule has 0 aliphatic rings. The lowest BCUT2D eigenvalue weighted by atomic mass is 10.2. The molecule has 3 rings (SSSR count). The molecule has 0 spiro atoms. The summed E-state index contributed by atoms with van der Waals surface area (Å²) < 4.78 is 26.4. The molecule has 0 bridgehead atoms. The normalized spacial score (nSPS) is 12.9. The molecule has 0 saturated carbocycles. The van der Waals surface area contributed by atoms with E-state index in [4.69, 9.17) is 0 Å². The minimum atomic E-state index is -3.31. The van der Waals surface area contributed by atoms with E-state index in [9.17, 15) is 8.42 Å². The van der Waals surface area contributed by atoms with Gasteiger partial charge in [0.15, 0.2) is 27.3 Å². The van der Waals surface area contributed by atoms with Crippen LogP contribution in [0, 0.1) is 6.92 Å². The number of aryl methyl sites for hydroxylation is 1. The quantitative estimate of drug-likeness (QED) is 0.702. The molecule has 2 aromatic heterocycles. The molecule has 0 radical (unpaired) electrons. The van der Waals surface area contributed by atoms with E-state index in [1.165, 1.54) is 0 Å². The first kappa shape index (κ1) is 17.3. The van der Waals surface area contributed by atoms with Crippen LogP contribution in [0.15, 0.2) is 48.7 Å². The second kappa shape index (κ2) is 6.76. The molecule has 3 aromatic rings. The summed E-state index contributed by atoms with van der Waals surface area (Å²) >= 11 is 0. The van der Waals surface area contributed by atoms with Crippen molar-refractivity contribution < 1.29 is 8.42 Å². The Morgan fingerprint density at radius 3 is 2.48 bits per heavy atom. The Labute approximate surface area is 147 Å². The van der Waals surface area contributed by atoms with E-state index in [-0.39, 0.29) is 5.75 Å². The van der Waals surface area contributed by atoms with Gasteiger partial charge in [0.25, 0.3) is 0 Å². The number of pyridine rings is 1. The van der Waals surface area contributed by atoms with E-state index in [2.05, 4.69) is 15.1 Å². The van der Waals surface area contributed by atoms with Crippen LogP contribution in [0.5, 0.6) is 0 Å². The molecule has 0 N–H and O–H groups in total. The summed E-state index contributed by atoms with van der Waals surface area (Å²) in [6.45, 7) is 5.19. The van der Waals surface area contributed by atoms with E-state index in [1.54, 1.807) is 24.7 Å². The molecule has 0 fully saturated rings. The molecule has 0 amide bonds. The topological polar surface area (TPSA) is 77.7 Å². The molecule has 0 saturated heterocycles. The molecule has 25 heavy (non-hydrogen) atoms. The molecular weight excluding hydrogens is 336 g/mol. The Morgan fingerprint density at radius 2 is 1.84 bits per heavy atom. The van der Waals surface area contributed by atoms with Gasteiger partial charge in [-0.05, 0) is 25.5 Å². The first-order valence-electron chi connectivity index (χ1n) is 8.10. The highest BCUT2D eigenvalue weighted by Gasteiger charge is 2.28. The highest BCUT2D eigenvalue weighted by molar-refractivity contribution is 7.91. The van der Waals surface area contributed by atoms with Crippen molar-refractivity contribution in [3.05, 3.63) is 60.0 Å². The van der Waals surface area contributed by atoms with Crippen LogP contribution in [0.3, 0.4) is 0 Å². The molecular formula is C18H20N4O2S. The summed E-state index contributed by atoms with van der Waals surface area (Å²) in [5.74, 6) is 1.50. The number of hydrogen-bond acceptors (Lipinski definition) is 5. The number of nitrogens with zero attached hydrogens (tertiary/aromatic N) is 4. The smallest absolute Gasteiger partial charge is 0.181 e. The molecule has 0 aliphatic heterocycles.